The van der Waals surface area contributed by atoms with Crippen LogP contribution < -0.4 is 21.0 Å². The van der Waals surface area contributed by atoms with Gasteiger partial charge in [0.15, 0.2) is 6.23 Å². The molecule has 15 heteroatoms. The number of hydrogen-bond acceptors (Lipinski definition) is 11. The van der Waals surface area contributed by atoms with Gasteiger partial charge in [-0.2, -0.15) is 10.1 Å². The quantitative estimate of drug-likeness (QED) is 0.231. The Morgan fingerprint density at radius 3 is 2.62 bits per heavy atom. The molecule has 1 aromatic heterocycles. The number of carbonyl (C=O) groups excluding carboxylic acids is 1. The predicted molar refractivity (Wildman–Crippen MR) is 145 cm³/mol. The highest BCUT2D eigenvalue weighted by atomic mass is 35.5. The fourth-order valence-electron chi connectivity index (χ4n) is 4.62. The number of aromatic nitrogens is 2. The number of hydrogen-bond donors (Lipinski definition) is 4. The van der Waals surface area contributed by atoms with E-state index in [4.69, 9.17) is 35.9 Å². The number of nitrogens with zero attached hydrogens (tertiary/aromatic N) is 2. The molecule has 2 unspecified atom stereocenters. The van der Waals surface area contributed by atoms with Crippen LogP contribution in [0.15, 0.2) is 41.3 Å². The Hall–Kier alpha value is -2.51. The second-order valence-electron chi connectivity index (χ2n) is 10.1. The molecule has 1 aliphatic heterocycles. The molecule has 0 spiro atoms. The molecule has 0 bridgehead atoms. The summed E-state index contributed by atoms with van der Waals surface area (Å²) in [5.74, 6) is -0.516. The molecule has 1 aromatic carbocycles. The van der Waals surface area contributed by atoms with E-state index in [-0.39, 0.29) is 17.7 Å². The number of rotatable bonds is 10. The molecule has 220 valence electrons. The lowest BCUT2D eigenvalue weighted by atomic mass is 9.96. The van der Waals surface area contributed by atoms with Gasteiger partial charge in [-0.25, -0.2) is 9.36 Å². The second kappa shape index (κ2) is 12.6. The van der Waals surface area contributed by atoms with Crippen molar-refractivity contribution in [1.82, 2.24) is 14.6 Å². The molecule has 0 amide bonds. The highest BCUT2D eigenvalue weighted by Crippen LogP contribution is 2.47. The highest BCUT2D eigenvalue weighted by molar-refractivity contribution is 7.52. The van der Waals surface area contributed by atoms with Crippen molar-refractivity contribution in [3.63, 3.8) is 0 Å². The van der Waals surface area contributed by atoms with E-state index >= 15 is 0 Å². The summed E-state index contributed by atoms with van der Waals surface area (Å²) in [6, 6.07) is 6.23. The summed E-state index contributed by atoms with van der Waals surface area (Å²) in [5.41, 5.74) is 2.78. The standard InChI is InChI=1S/C25H34ClN4O9P/c1-15(22(32)37-17-6-4-3-5-7-17)29-40(35,39-18-10-8-16(26)9-11-18)36-14-19-21(31)25(2,34)23(38-19)30-13-12-20(27)28-24(30)33/h8-13,15,17,19,21,23,31,34H,3-7,14H2,1-2H3,(H,29,35)(H2,27,28,33)/t15-,19+,21+,23?,25+,40?/m0/s1. The number of benzene rings is 1. The number of nitrogens with two attached hydrogens (primary N) is 1. The van der Waals surface area contributed by atoms with Crippen molar-refractivity contribution in [2.24, 2.45) is 0 Å². The largest absolute Gasteiger partial charge is 0.461 e. The van der Waals surface area contributed by atoms with Gasteiger partial charge >= 0.3 is 19.4 Å². The minimum atomic E-state index is -4.31. The first-order chi connectivity index (χ1) is 18.9. The van der Waals surface area contributed by atoms with Crippen LogP contribution in [0.25, 0.3) is 0 Å². The van der Waals surface area contributed by atoms with Gasteiger partial charge in [-0.1, -0.05) is 18.0 Å². The van der Waals surface area contributed by atoms with Crippen LogP contribution in [0.4, 0.5) is 5.82 Å². The Morgan fingerprint density at radius 1 is 1.30 bits per heavy atom. The third-order valence-corrected chi connectivity index (χ3v) is 8.74. The van der Waals surface area contributed by atoms with E-state index in [1.165, 1.54) is 50.4 Å². The van der Waals surface area contributed by atoms with Crippen molar-refractivity contribution in [2.45, 2.75) is 82.1 Å². The van der Waals surface area contributed by atoms with Gasteiger partial charge in [0.05, 0.1) is 6.61 Å². The summed E-state index contributed by atoms with van der Waals surface area (Å²) in [6.45, 7) is 2.19. The third-order valence-electron chi connectivity index (χ3n) is 6.85. The van der Waals surface area contributed by atoms with E-state index in [0.29, 0.717) is 5.02 Å². The zero-order chi connectivity index (χ0) is 29.1. The lowest BCUT2D eigenvalue weighted by Crippen LogP contribution is -2.46. The SMILES string of the molecule is C[C@H](NP(=O)(OC[C@H]1OC(n2ccc(N)nc2=O)[C@](C)(O)[C@@H]1O)Oc1ccc(Cl)cc1)C(=O)OC1CCCCC1. The molecule has 0 radical (unpaired) electrons. The Morgan fingerprint density at radius 2 is 1.98 bits per heavy atom. The van der Waals surface area contributed by atoms with Crippen molar-refractivity contribution < 1.29 is 38.1 Å². The molecule has 2 aliphatic rings. The summed E-state index contributed by atoms with van der Waals surface area (Å²) >= 11 is 5.94. The first-order valence-electron chi connectivity index (χ1n) is 13.0. The molecule has 5 N–H and O–H groups in total. The van der Waals surface area contributed by atoms with Crippen LogP contribution in [0, 0.1) is 0 Å². The number of nitrogen functional groups attached to an aromatic ring is 1. The van der Waals surface area contributed by atoms with Gasteiger partial charge < -0.3 is 29.9 Å². The molecule has 1 aliphatic carbocycles. The van der Waals surface area contributed by atoms with E-state index in [2.05, 4.69) is 10.1 Å². The molecule has 4 rings (SSSR count). The van der Waals surface area contributed by atoms with Crippen LogP contribution in [-0.2, 0) is 23.4 Å². The van der Waals surface area contributed by atoms with E-state index in [1.807, 2.05) is 0 Å². The fraction of sp³-hybridized carbons (Fsp3) is 0.560. The van der Waals surface area contributed by atoms with Gasteiger partial charge in [-0.05, 0) is 69.9 Å². The summed E-state index contributed by atoms with van der Waals surface area (Å²) in [7, 11) is -4.31. The Labute approximate surface area is 236 Å². The molecule has 1 saturated carbocycles. The second-order valence-corrected chi connectivity index (χ2v) is 12.3. The number of halogens is 1. The predicted octanol–water partition coefficient (Wildman–Crippen LogP) is 2.55. The van der Waals surface area contributed by atoms with Gasteiger partial charge in [-0.3, -0.25) is 13.9 Å². The minimum absolute atomic E-state index is 0.0261. The lowest BCUT2D eigenvalue weighted by molar-refractivity contribution is -0.152. The van der Waals surface area contributed by atoms with Gasteiger partial charge in [0, 0.05) is 11.2 Å². The Kier molecular flexibility index (Phi) is 9.56. The zero-order valence-corrected chi connectivity index (χ0v) is 23.8. The first kappa shape index (κ1) is 30.4. The van der Waals surface area contributed by atoms with Crippen LogP contribution in [0.5, 0.6) is 5.75 Å². The van der Waals surface area contributed by atoms with Crippen LogP contribution >= 0.6 is 19.3 Å². The molecule has 2 aromatic rings. The molecule has 2 heterocycles. The molecular weight excluding hydrogens is 567 g/mol. The topological polar surface area (TPSA) is 184 Å². The van der Waals surface area contributed by atoms with Gasteiger partial charge in [-0.15, -0.1) is 0 Å². The van der Waals surface area contributed by atoms with Crippen molar-refractivity contribution >= 4 is 31.1 Å². The zero-order valence-electron chi connectivity index (χ0n) is 22.1. The van der Waals surface area contributed by atoms with E-state index in [9.17, 15) is 24.4 Å². The van der Waals surface area contributed by atoms with Crippen molar-refractivity contribution in [3.8, 4) is 5.75 Å². The van der Waals surface area contributed by atoms with Gasteiger partial charge in [0.2, 0.25) is 0 Å². The number of aliphatic hydroxyl groups excluding tert-OH is 1. The van der Waals surface area contributed by atoms with Crippen LogP contribution in [-0.4, -0.2) is 62.3 Å². The summed E-state index contributed by atoms with van der Waals surface area (Å²) < 4.78 is 37.4. The first-order valence-corrected chi connectivity index (χ1v) is 14.9. The third kappa shape index (κ3) is 7.22. The highest BCUT2D eigenvalue weighted by Gasteiger charge is 2.54. The number of nitrogens with one attached hydrogen (secondary N) is 1. The minimum Gasteiger partial charge on any atom is -0.461 e. The van der Waals surface area contributed by atoms with E-state index in [0.717, 1.165) is 36.7 Å². The number of aliphatic hydroxyl groups is 2. The van der Waals surface area contributed by atoms with Crippen LogP contribution in [0.1, 0.15) is 52.2 Å². The number of esters is 1. The van der Waals surface area contributed by atoms with Crippen LogP contribution in [0.3, 0.4) is 0 Å². The van der Waals surface area contributed by atoms with E-state index in [1.54, 1.807) is 0 Å². The molecule has 1 saturated heterocycles. The monoisotopic (exact) mass is 600 g/mol. The van der Waals surface area contributed by atoms with E-state index < -0.39 is 56.1 Å². The van der Waals surface area contributed by atoms with Crippen molar-refractivity contribution in [3.05, 3.63) is 52.0 Å². The maximum Gasteiger partial charge on any atom is 0.459 e. The smallest absolute Gasteiger partial charge is 0.459 e. The maximum absolute atomic E-state index is 13.9. The fourth-order valence-corrected chi connectivity index (χ4v) is 6.25. The normalized spacial score (nSPS) is 27.6. The molecule has 6 atom stereocenters. The van der Waals surface area contributed by atoms with Crippen molar-refractivity contribution in [1.29, 1.82) is 0 Å². The van der Waals surface area contributed by atoms with Crippen molar-refractivity contribution in [2.75, 3.05) is 12.3 Å². The Balaban J connectivity index is 1.49. The summed E-state index contributed by atoms with van der Waals surface area (Å²) in [6.07, 6.45) is 1.43. The van der Waals surface area contributed by atoms with Crippen LogP contribution in [0.2, 0.25) is 5.02 Å². The summed E-state index contributed by atoms with van der Waals surface area (Å²) in [5, 5.41) is 24.8. The number of carbonyl (C=O) groups is 1. The molecular formula is C25H34ClN4O9P. The number of anilines is 1. The maximum atomic E-state index is 13.9. The summed E-state index contributed by atoms with van der Waals surface area (Å²) in [4.78, 5) is 28.7. The molecule has 40 heavy (non-hydrogen) atoms. The Bertz CT molecular complexity index is 1290. The average molecular weight is 601 g/mol. The average Bonchev–Trinajstić information content (AvgIpc) is 3.13. The molecule has 2 fully saturated rings. The number of ether oxygens (including phenoxy) is 2. The van der Waals surface area contributed by atoms with Gasteiger partial charge in [0.25, 0.3) is 0 Å². The van der Waals surface area contributed by atoms with Gasteiger partial charge in [0.1, 0.15) is 41.5 Å². The lowest BCUT2D eigenvalue weighted by Gasteiger charge is -2.27. The molecule has 13 nitrogen and oxygen atoms in total.